The zero-order chi connectivity index (χ0) is 25.7. The third kappa shape index (κ3) is 6.68. The lowest BCUT2D eigenvalue weighted by Crippen LogP contribution is -2.49. The molecular formula is C27H31F3N4OS. The molecule has 192 valence electrons. The molecule has 0 unspecified atom stereocenters. The first-order valence-electron chi connectivity index (χ1n) is 12.3. The van der Waals surface area contributed by atoms with Crippen LogP contribution in [0.15, 0.2) is 42.5 Å². The summed E-state index contributed by atoms with van der Waals surface area (Å²) in [7, 11) is 0. The fourth-order valence-electron chi connectivity index (χ4n) is 4.83. The van der Waals surface area contributed by atoms with E-state index in [0.717, 1.165) is 62.9 Å². The number of nitrogens with zero attached hydrogens (tertiary/aromatic N) is 3. The Bertz CT molecular complexity index is 1080. The van der Waals surface area contributed by atoms with Gasteiger partial charge in [0, 0.05) is 43.6 Å². The fourth-order valence-corrected chi connectivity index (χ4v) is 5.08. The highest BCUT2D eigenvalue weighted by molar-refractivity contribution is 7.80. The second-order valence-electron chi connectivity index (χ2n) is 9.50. The molecule has 1 aliphatic heterocycles. The first-order chi connectivity index (χ1) is 17.2. The number of nitrogens with one attached hydrogen (secondary N) is 1. The molecule has 0 spiro atoms. The molecule has 9 heteroatoms. The lowest BCUT2D eigenvalue weighted by Gasteiger charge is -2.38. The summed E-state index contributed by atoms with van der Waals surface area (Å²) in [5, 5.41) is 12.2. The molecular weight excluding hydrogens is 485 g/mol. The van der Waals surface area contributed by atoms with Crippen molar-refractivity contribution < 1.29 is 17.9 Å². The van der Waals surface area contributed by atoms with Crippen LogP contribution in [0.1, 0.15) is 42.4 Å². The van der Waals surface area contributed by atoms with E-state index in [2.05, 4.69) is 46.3 Å². The minimum atomic E-state index is -4.56. The lowest BCUT2D eigenvalue weighted by atomic mass is 9.92. The molecule has 0 amide bonds. The van der Waals surface area contributed by atoms with E-state index >= 15 is 0 Å². The summed E-state index contributed by atoms with van der Waals surface area (Å²) >= 11 is 5.64. The van der Waals surface area contributed by atoms with Crippen LogP contribution in [0, 0.1) is 18.3 Å². The number of hydrogen-bond donors (Lipinski definition) is 1. The maximum Gasteiger partial charge on any atom is 0.417 e. The topological polar surface area (TPSA) is 51.5 Å². The van der Waals surface area contributed by atoms with Gasteiger partial charge in [-0.3, -0.25) is 0 Å². The Labute approximate surface area is 215 Å². The van der Waals surface area contributed by atoms with Crippen molar-refractivity contribution in [3.63, 3.8) is 0 Å². The van der Waals surface area contributed by atoms with Gasteiger partial charge >= 0.3 is 6.18 Å². The van der Waals surface area contributed by atoms with E-state index in [0.29, 0.717) is 12.3 Å². The van der Waals surface area contributed by atoms with Crippen LogP contribution in [0.2, 0.25) is 0 Å². The quantitative estimate of drug-likeness (QED) is 0.492. The molecule has 2 aromatic carbocycles. The molecule has 4 rings (SSSR count). The highest BCUT2D eigenvalue weighted by Gasteiger charge is 2.34. The number of alkyl halides is 3. The number of benzene rings is 2. The van der Waals surface area contributed by atoms with Crippen LogP contribution in [-0.2, 0) is 10.9 Å². The number of thiocarbonyl (C=S) groups is 1. The number of aryl methyl sites for hydroxylation is 1. The number of piperazine rings is 1. The van der Waals surface area contributed by atoms with E-state index < -0.39 is 11.7 Å². The van der Waals surface area contributed by atoms with E-state index in [-0.39, 0.29) is 17.7 Å². The van der Waals surface area contributed by atoms with Gasteiger partial charge in [-0.2, -0.15) is 18.4 Å². The molecule has 0 aromatic heterocycles. The number of nitriles is 1. The van der Waals surface area contributed by atoms with Crippen molar-refractivity contribution in [2.75, 3.05) is 43.0 Å². The Hall–Kier alpha value is -2.83. The Kier molecular flexibility index (Phi) is 8.37. The van der Waals surface area contributed by atoms with Crippen molar-refractivity contribution >= 4 is 28.6 Å². The number of ether oxygens (including phenoxy) is 1. The monoisotopic (exact) mass is 516 g/mol. The van der Waals surface area contributed by atoms with Gasteiger partial charge in [-0.15, -0.1) is 0 Å². The van der Waals surface area contributed by atoms with Gasteiger partial charge < -0.3 is 19.9 Å². The third-order valence-corrected chi connectivity index (χ3v) is 7.34. The number of rotatable bonds is 6. The summed E-state index contributed by atoms with van der Waals surface area (Å²) in [5.74, 6) is 0. The van der Waals surface area contributed by atoms with Gasteiger partial charge in [0.1, 0.15) is 4.99 Å². The molecule has 36 heavy (non-hydrogen) atoms. The lowest BCUT2D eigenvalue weighted by molar-refractivity contribution is -0.137. The molecule has 2 aliphatic rings. The molecule has 0 bridgehead atoms. The second kappa shape index (κ2) is 11.5. The predicted octanol–water partition coefficient (Wildman–Crippen LogP) is 5.77. The number of halogens is 3. The molecule has 1 heterocycles. The smallest absolute Gasteiger partial charge is 0.382 e. The summed E-state index contributed by atoms with van der Waals surface area (Å²) in [5.41, 5.74) is 1.61. The molecule has 1 aliphatic carbocycles. The highest BCUT2D eigenvalue weighted by atomic mass is 32.1. The maximum absolute atomic E-state index is 13.2. The van der Waals surface area contributed by atoms with Crippen molar-refractivity contribution in [3.8, 4) is 6.07 Å². The largest absolute Gasteiger partial charge is 0.417 e. The molecule has 0 atom stereocenters. The first kappa shape index (κ1) is 26.2. The number of hydrogen-bond acceptors (Lipinski definition) is 5. The minimum absolute atomic E-state index is 0.0701. The Morgan fingerprint density at radius 1 is 1.06 bits per heavy atom. The van der Waals surface area contributed by atoms with Crippen LogP contribution in [0.4, 0.5) is 24.5 Å². The average molecular weight is 517 g/mol. The van der Waals surface area contributed by atoms with Gasteiger partial charge in [0.15, 0.2) is 0 Å². The molecule has 2 fully saturated rings. The molecule has 1 saturated carbocycles. The summed E-state index contributed by atoms with van der Waals surface area (Å²) in [6.07, 6.45) is -1.21. The summed E-state index contributed by atoms with van der Waals surface area (Å²) in [6.45, 7) is 6.10. The van der Waals surface area contributed by atoms with E-state index in [1.807, 2.05) is 0 Å². The predicted molar refractivity (Wildman–Crippen MR) is 139 cm³/mol. The van der Waals surface area contributed by atoms with Crippen molar-refractivity contribution in [1.29, 1.82) is 5.26 Å². The minimum Gasteiger partial charge on any atom is -0.382 e. The zero-order valence-electron chi connectivity index (χ0n) is 20.4. The van der Waals surface area contributed by atoms with Gasteiger partial charge in [0.25, 0.3) is 0 Å². The van der Waals surface area contributed by atoms with Crippen LogP contribution in [-0.4, -0.2) is 54.8 Å². The van der Waals surface area contributed by atoms with Crippen molar-refractivity contribution in [3.05, 3.63) is 59.2 Å². The average Bonchev–Trinajstić information content (AvgIpc) is 2.88. The van der Waals surface area contributed by atoms with Crippen LogP contribution in [0.25, 0.3) is 0 Å². The summed E-state index contributed by atoms with van der Waals surface area (Å²) in [4.78, 5) is 5.42. The van der Waals surface area contributed by atoms with Crippen molar-refractivity contribution in [1.82, 2.24) is 4.90 Å². The Morgan fingerprint density at radius 3 is 2.33 bits per heavy atom. The Morgan fingerprint density at radius 2 is 1.72 bits per heavy atom. The third-order valence-electron chi connectivity index (χ3n) is 6.96. The number of anilines is 2. The molecule has 2 aromatic rings. The van der Waals surface area contributed by atoms with Gasteiger partial charge in [0.2, 0.25) is 0 Å². The molecule has 0 radical (unpaired) electrons. The van der Waals surface area contributed by atoms with Gasteiger partial charge in [-0.1, -0.05) is 29.9 Å². The van der Waals surface area contributed by atoms with Gasteiger partial charge in [-0.25, -0.2) is 0 Å². The van der Waals surface area contributed by atoms with E-state index in [1.165, 1.54) is 23.4 Å². The van der Waals surface area contributed by atoms with E-state index in [9.17, 15) is 13.2 Å². The highest BCUT2D eigenvalue weighted by Crippen LogP contribution is 2.34. The standard InChI is InChI=1S/C27H31F3N4OS/c1-19-2-8-23(9-3-19)33-12-14-34(15-13-33)26(36)18-35-24-10-6-21(7-11-24)32-22-5-4-20(17-31)25(16-22)27(28,29)30/h2-5,8-9,16,21,24,32H,6-7,10-15,18H2,1H3. The summed E-state index contributed by atoms with van der Waals surface area (Å²) in [6, 6.07) is 14.1. The van der Waals surface area contributed by atoms with Gasteiger partial charge in [-0.05, 0) is 62.9 Å². The van der Waals surface area contributed by atoms with E-state index in [1.54, 1.807) is 6.07 Å². The van der Waals surface area contributed by atoms with Crippen molar-refractivity contribution in [2.45, 2.75) is 50.9 Å². The maximum atomic E-state index is 13.2. The SMILES string of the molecule is Cc1ccc(N2CCN(C(=S)COC3CCC(Nc4ccc(C#N)c(C(F)(F)F)c4)CC3)CC2)cc1. The Balaban J connectivity index is 1.19. The van der Waals surface area contributed by atoms with Crippen LogP contribution in [0.5, 0.6) is 0 Å². The summed E-state index contributed by atoms with van der Waals surface area (Å²) < 4.78 is 45.8. The second-order valence-corrected chi connectivity index (χ2v) is 9.97. The molecule has 1 saturated heterocycles. The zero-order valence-corrected chi connectivity index (χ0v) is 21.2. The first-order valence-corrected chi connectivity index (χ1v) is 12.7. The van der Waals surface area contributed by atoms with Crippen LogP contribution >= 0.6 is 12.2 Å². The fraction of sp³-hybridized carbons (Fsp3) is 0.481. The van der Waals surface area contributed by atoms with Crippen molar-refractivity contribution in [2.24, 2.45) is 0 Å². The van der Waals surface area contributed by atoms with E-state index in [4.69, 9.17) is 22.2 Å². The molecule has 5 nitrogen and oxygen atoms in total. The molecule has 1 N–H and O–H groups in total. The van der Waals surface area contributed by atoms with Gasteiger partial charge in [0.05, 0.1) is 29.9 Å². The van der Waals surface area contributed by atoms with Crippen LogP contribution < -0.4 is 10.2 Å². The normalized spacial score (nSPS) is 20.6. The van der Waals surface area contributed by atoms with Crippen LogP contribution in [0.3, 0.4) is 0 Å².